The van der Waals surface area contributed by atoms with E-state index in [9.17, 15) is 9.59 Å². The summed E-state index contributed by atoms with van der Waals surface area (Å²) in [5.41, 5.74) is 0. The monoisotopic (exact) mass is 243 g/mol. The van der Waals surface area contributed by atoms with Gasteiger partial charge in [0.25, 0.3) is 0 Å². The summed E-state index contributed by atoms with van der Waals surface area (Å²) in [7, 11) is 0. The molecule has 17 heavy (non-hydrogen) atoms. The number of carbonyl (C=O) groups excluding carboxylic acids is 1. The second-order valence-electron chi connectivity index (χ2n) is 5.01. The summed E-state index contributed by atoms with van der Waals surface area (Å²) in [4.78, 5) is 22.6. The van der Waals surface area contributed by atoms with Gasteiger partial charge in [-0.05, 0) is 18.3 Å². The third-order valence-electron chi connectivity index (χ3n) is 3.17. The molecule has 0 spiro atoms. The molecule has 3 atom stereocenters. The molecule has 5 heteroatoms. The van der Waals surface area contributed by atoms with Crippen LogP contribution in [0.25, 0.3) is 0 Å². The van der Waals surface area contributed by atoms with Crippen molar-refractivity contribution in [1.29, 1.82) is 0 Å². The van der Waals surface area contributed by atoms with Crippen LogP contribution in [0.15, 0.2) is 0 Å². The minimum atomic E-state index is -0.899. The van der Waals surface area contributed by atoms with E-state index in [1.54, 1.807) is 0 Å². The zero-order valence-electron chi connectivity index (χ0n) is 10.6. The fourth-order valence-corrected chi connectivity index (χ4v) is 1.94. The molecule has 1 aliphatic rings. The molecule has 1 amide bonds. The van der Waals surface area contributed by atoms with Gasteiger partial charge in [0.15, 0.2) is 0 Å². The normalized spacial score (nSPS) is 25.9. The number of amides is 1. The van der Waals surface area contributed by atoms with Crippen molar-refractivity contribution < 1.29 is 19.4 Å². The molecule has 0 bridgehead atoms. The molecule has 1 heterocycles. The van der Waals surface area contributed by atoms with Crippen LogP contribution < -0.4 is 5.32 Å². The van der Waals surface area contributed by atoms with Crippen LogP contribution in [0.4, 0.5) is 0 Å². The molecule has 0 aromatic carbocycles. The van der Waals surface area contributed by atoms with Crippen molar-refractivity contribution in [3.05, 3.63) is 0 Å². The Morgan fingerprint density at radius 1 is 1.47 bits per heavy atom. The van der Waals surface area contributed by atoms with Crippen molar-refractivity contribution in [1.82, 2.24) is 5.32 Å². The molecular formula is C12H21NO4. The Kier molecular flexibility index (Phi) is 4.93. The van der Waals surface area contributed by atoms with Crippen LogP contribution in [0.5, 0.6) is 0 Å². The third kappa shape index (κ3) is 4.00. The molecule has 0 radical (unpaired) electrons. The van der Waals surface area contributed by atoms with E-state index in [1.807, 2.05) is 20.8 Å². The first kappa shape index (κ1) is 14.0. The number of aliphatic carboxylic acids is 1. The zero-order valence-corrected chi connectivity index (χ0v) is 10.6. The topological polar surface area (TPSA) is 75.6 Å². The van der Waals surface area contributed by atoms with E-state index in [0.717, 1.165) is 6.42 Å². The number of hydrogen-bond acceptors (Lipinski definition) is 3. The summed E-state index contributed by atoms with van der Waals surface area (Å²) in [6.45, 7) is 6.36. The van der Waals surface area contributed by atoms with Crippen LogP contribution in [0.3, 0.4) is 0 Å². The van der Waals surface area contributed by atoms with Crippen molar-refractivity contribution in [2.75, 3.05) is 6.61 Å². The number of nitrogens with one attached hydrogen (secondary N) is 1. The first-order chi connectivity index (χ1) is 7.91. The predicted molar refractivity (Wildman–Crippen MR) is 62.5 cm³/mol. The Hall–Kier alpha value is -1.10. The standard InChI is InChI=1S/C12H21NO4/c1-7(2)9(6-10(14)15)13-12(16)11-8(3)4-5-17-11/h7-9,11H,4-6H2,1-3H3,(H,13,16)(H,14,15). The summed E-state index contributed by atoms with van der Waals surface area (Å²) in [6, 6.07) is -0.337. The van der Waals surface area contributed by atoms with Gasteiger partial charge in [-0.2, -0.15) is 0 Å². The summed E-state index contributed by atoms with van der Waals surface area (Å²) in [5.74, 6) is -0.793. The average Bonchev–Trinajstić information content (AvgIpc) is 2.62. The van der Waals surface area contributed by atoms with Crippen LogP contribution in [-0.2, 0) is 14.3 Å². The SMILES string of the molecule is CC(C)C(CC(=O)O)NC(=O)C1OCCC1C. The molecule has 3 unspecified atom stereocenters. The quantitative estimate of drug-likeness (QED) is 0.756. The second kappa shape index (κ2) is 6.00. The predicted octanol–water partition coefficient (Wildman–Crippen LogP) is 1.03. The lowest BCUT2D eigenvalue weighted by Crippen LogP contribution is -2.46. The molecule has 1 saturated heterocycles. The molecule has 0 aromatic rings. The van der Waals surface area contributed by atoms with Crippen molar-refractivity contribution in [2.24, 2.45) is 11.8 Å². The maximum absolute atomic E-state index is 11.9. The summed E-state index contributed by atoms with van der Waals surface area (Å²) >= 11 is 0. The minimum Gasteiger partial charge on any atom is -0.481 e. The van der Waals surface area contributed by atoms with Gasteiger partial charge in [0.2, 0.25) is 5.91 Å². The Morgan fingerprint density at radius 2 is 2.12 bits per heavy atom. The van der Waals surface area contributed by atoms with Crippen LogP contribution in [-0.4, -0.2) is 35.7 Å². The lowest BCUT2D eigenvalue weighted by molar-refractivity contribution is -0.138. The second-order valence-corrected chi connectivity index (χ2v) is 5.01. The smallest absolute Gasteiger partial charge is 0.305 e. The van der Waals surface area contributed by atoms with Crippen LogP contribution in [0, 0.1) is 11.8 Å². The molecule has 0 saturated carbocycles. The Labute approximate surface area is 102 Å². The van der Waals surface area contributed by atoms with Crippen LogP contribution in [0.1, 0.15) is 33.6 Å². The fourth-order valence-electron chi connectivity index (χ4n) is 1.94. The van der Waals surface area contributed by atoms with E-state index in [-0.39, 0.29) is 30.2 Å². The molecule has 1 aliphatic heterocycles. The third-order valence-corrected chi connectivity index (χ3v) is 3.17. The van der Waals surface area contributed by atoms with E-state index >= 15 is 0 Å². The van der Waals surface area contributed by atoms with Gasteiger partial charge < -0.3 is 15.2 Å². The number of carboxylic acids is 1. The molecule has 0 aromatic heterocycles. The first-order valence-electron chi connectivity index (χ1n) is 6.05. The highest BCUT2D eigenvalue weighted by Gasteiger charge is 2.32. The molecule has 1 fully saturated rings. The maximum Gasteiger partial charge on any atom is 0.305 e. The summed E-state index contributed by atoms with van der Waals surface area (Å²) < 4.78 is 5.35. The van der Waals surface area contributed by atoms with Gasteiger partial charge in [0.05, 0.1) is 6.42 Å². The number of hydrogen-bond donors (Lipinski definition) is 2. The summed E-state index contributed by atoms with van der Waals surface area (Å²) in [6.07, 6.45) is 0.401. The van der Waals surface area contributed by atoms with Gasteiger partial charge in [0, 0.05) is 12.6 Å². The highest BCUT2D eigenvalue weighted by Crippen LogP contribution is 2.20. The van der Waals surface area contributed by atoms with Gasteiger partial charge in [-0.1, -0.05) is 20.8 Å². The highest BCUT2D eigenvalue weighted by molar-refractivity contribution is 5.82. The minimum absolute atomic E-state index is 0.0511. The first-order valence-corrected chi connectivity index (χ1v) is 6.05. The molecule has 0 aliphatic carbocycles. The molecule has 1 rings (SSSR count). The fraction of sp³-hybridized carbons (Fsp3) is 0.833. The Bertz CT molecular complexity index is 290. The molecule has 2 N–H and O–H groups in total. The number of rotatable bonds is 5. The van der Waals surface area contributed by atoms with E-state index < -0.39 is 12.1 Å². The lowest BCUT2D eigenvalue weighted by atomic mass is 9.99. The van der Waals surface area contributed by atoms with Gasteiger partial charge in [-0.3, -0.25) is 9.59 Å². The van der Waals surface area contributed by atoms with Gasteiger partial charge in [-0.15, -0.1) is 0 Å². The average molecular weight is 243 g/mol. The van der Waals surface area contributed by atoms with Crippen molar-refractivity contribution in [2.45, 2.75) is 45.8 Å². The van der Waals surface area contributed by atoms with E-state index in [1.165, 1.54) is 0 Å². The van der Waals surface area contributed by atoms with E-state index in [0.29, 0.717) is 6.61 Å². The highest BCUT2D eigenvalue weighted by atomic mass is 16.5. The van der Waals surface area contributed by atoms with Crippen LogP contribution >= 0.6 is 0 Å². The number of carbonyl (C=O) groups is 2. The van der Waals surface area contributed by atoms with Gasteiger partial charge in [0.1, 0.15) is 6.10 Å². The Balaban J connectivity index is 2.54. The molecule has 98 valence electrons. The number of ether oxygens (including phenoxy) is 1. The number of carboxylic acid groups (broad SMARTS) is 1. The Morgan fingerprint density at radius 3 is 2.53 bits per heavy atom. The van der Waals surface area contributed by atoms with Gasteiger partial charge >= 0.3 is 5.97 Å². The van der Waals surface area contributed by atoms with Crippen molar-refractivity contribution >= 4 is 11.9 Å². The largest absolute Gasteiger partial charge is 0.481 e. The maximum atomic E-state index is 11.9. The zero-order chi connectivity index (χ0) is 13.0. The van der Waals surface area contributed by atoms with E-state index in [4.69, 9.17) is 9.84 Å². The van der Waals surface area contributed by atoms with E-state index in [2.05, 4.69) is 5.32 Å². The van der Waals surface area contributed by atoms with Crippen molar-refractivity contribution in [3.8, 4) is 0 Å². The molecule has 5 nitrogen and oxygen atoms in total. The summed E-state index contributed by atoms with van der Waals surface area (Å²) in [5, 5.41) is 11.6. The van der Waals surface area contributed by atoms with Gasteiger partial charge in [-0.25, -0.2) is 0 Å². The van der Waals surface area contributed by atoms with Crippen LogP contribution in [0.2, 0.25) is 0 Å². The lowest BCUT2D eigenvalue weighted by Gasteiger charge is -2.23. The van der Waals surface area contributed by atoms with Crippen molar-refractivity contribution in [3.63, 3.8) is 0 Å². The molecular weight excluding hydrogens is 222 g/mol.